The van der Waals surface area contributed by atoms with Gasteiger partial charge in [0.15, 0.2) is 0 Å². The summed E-state index contributed by atoms with van der Waals surface area (Å²) in [5, 5.41) is 2.97. The number of amides is 1. The third kappa shape index (κ3) is 2.61. The number of aromatic nitrogens is 2. The summed E-state index contributed by atoms with van der Waals surface area (Å²) in [4.78, 5) is 15.5. The zero-order chi connectivity index (χ0) is 12.2. The Hall–Kier alpha value is -1.36. The highest BCUT2D eigenvalue weighted by Gasteiger charge is 2.28. The molecular weight excluding hydrogens is 204 g/mol. The first-order valence-corrected chi connectivity index (χ1v) is 5.52. The van der Waals surface area contributed by atoms with Crippen LogP contribution in [0.15, 0.2) is 12.4 Å². The summed E-state index contributed by atoms with van der Waals surface area (Å²) in [6.07, 6.45) is 5.25. The molecule has 0 saturated carbocycles. The Morgan fingerprint density at radius 3 is 2.88 bits per heavy atom. The molecule has 0 aliphatic carbocycles. The van der Waals surface area contributed by atoms with E-state index in [9.17, 15) is 4.79 Å². The average molecular weight is 224 g/mol. The van der Waals surface area contributed by atoms with Crippen LogP contribution in [0.2, 0.25) is 0 Å². The van der Waals surface area contributed by atoms with Gasteiger partial charge >= 0.3 is 0 Å². The van der Waals surface area contributed by atoms with Gasteiger partial charge in [0.2, 0.25) is 5.91 Å². The number of imidazole rings is 1. The van der Waals surface area contributed by atoms with Crippen molar-refractivity contribution in [1.82, 2.24) is 14.9 Å². The molecule has 1 aromatic rings. The predicted octanol–water partition coefficient (Wildman–Crippen LogP) is 0.299. The molecule has 0 spiro atoms. The number of carbonyl (C=O) groups excluding carboxylic acids is 1. The highest BCUT2D eigenvalue weighted by molar-refractivity contribution is 5.84. The Balaban J connectivity index is 2.66. The molecule has 5 nitrogen and oxygen atoms in total. The van der Waals surface area contributed by atoms with Gasteiger partial charge < -0.3 is 15.6 Å². The Kier molecular flexibility index (Phi) is 4.06. The number of hydrogen-bond acceptors (Lipinski definition) is 3. The van der Waals surface area contributed by atoms with E-state index < -0.39 is 5.54 Å². The third-order valence-corrected chi connectivity index (χ3v) is 3.07. The van der Waals surface area contributed by atoms with Crippen molar-refractivity contribution in [2.45, 2.75) is 38.8 Å². The lowest BCUT2D eigenvalue weighted by Gasteiger charge is -2.25. The predicted molar refractivity (Wildman–Crippen MR) is 62.9 cm³/mol. The van der Waals surface area contributed by atoms with Crippen LogP contribution < -0.4 is 11.1 Å². The van der Waals surface area contributed by atoms with Crippen LogP contribution in [0.4, 0.5) is 0 Å². The summed E-state index contributed by atoms with van der Waals surface area (Å²) in [6, 6.07) is 0. The molecule has 0 radical (unpaired) electrons. The van der Waals surface area contributed by atoms with E-state index in [0.29, 0.717) is 6.42 Å². The normalized spacial score (nSPS) is 14.7. The molecule has 3 N–H and O–H groups in total. The molecule has 90 valence electrons. The number of likely N-dealkylation sites (N-methyl/N-ethyl adjacent to an activating group) is 1. The molecule has 1 unspecified atom stereocenters. The Labute approximate surface area is 96.0 Å². The van der Waals surface area contributed by atoms with Gasteiger partial charge in [0, 0.05) is 25.4 Å². The number of aryl methyl sites for hydroxylation is 2. The molecule has 0 saturated heterocycles. The lowest BCUT2D eigenvalue weighted by molar-refractivity contribution is -0.123. The topological polar surface area (TPSA) is 72.9 Å². The van der Waals surface area contributed by atoms with Crippen LogP contribution in [0, 0.1) is 0 Å². The molecule has 0 aromatic carbocycles. The van der Waals surface area contributed by atoms with Gasteiger partial charge in [-0.1, -0.05) is 6.92 Å². The lowest BCUT2D eigenvalue weighted by atomic mass is 9.97. The first-order chi connectivity index (χ1) is 7.53. The minimum atomic E-state index is -0.657. The standard InChI is InChI=1S/C11H20N4O/c1-4-9-14-6-8-15(9)7-5-11(2,13-3)10(12)16/h6,8,13H,4-5,7H2,1-3H3,(H2,12,16). The molecule has 1 heterocycles. The minimum Gasteiger partial charge on any atom is -0.368 e. The van der Waals surface area contributed by atoms with E-state index in [1.807, 2.05) is 13.1 Å². The van der Waals surface area contributed by atoms with E-state index >= 15 is 0 Å². The van der Waals surface area contributed by atoms with Gasteiger partial charge in [-0.15, -0.1) is 0 Å². The first kappa shape index (κ1) is 12.7. The number of nitrogens with two attached hydrogens (primary N) is 1. The Bertz CT molecular complexity index is 361. The molecule has 1 rings (SSSR count). The number of nitrogens with one attached hydrogen (secondary N) is 1. The fourth-order valence-electron chi connectivity index (χ4n) is 1.57. The molecule has 5 heteroatoms. The zero-order valence-electron chi connectivity index (χ0n) is 10.2. The van der Waals surface area contributed by atoms with E-state index in [0.717, 1.165) is 18.8 Å². The molecule has 16 heavy (non-hydrogen) atoms. The summed E-state index contributed by atoms with van der Waals surface area (Å²) < 4.78 is 2.05. The second kappa shape index (κ2) is 5.12. The number of nitrogens with zero attached hydrogens (tertiary/aromatic N) is 2. The minimum absolute atomic E-state index is 0.326. The van der Waals surface area contributed by atoms with Crippen molar-refractivity contribution in [1.29, 1.82) is 0 Å². The fraction of sp³-hybridized carbons (Fsp3) is 0.636. The van der Waals surface area contributed by atoms with Crippen molar-refractivity contribution < 1.29 is 4.79 Å². The number of hydrogen-bond donors (Lipinski definition) is 2. The third-order valence-electron chi connectivity index (χ3n) is 3.07. The fourth-order valence-corrected chi connectivity index (χ4v) is 1.57. The Morgan fingerprint density at radius 2 is 2.38 bits per heavy atom. The first-order valence-electron chi connectivity index (χ1n) is 5.52. The molecule has 0 fully saturated rings. The van der Waals surface area contributed by atoms with Gasteiger partial charge in [0.1, 0.15) is 5.82 Å². The van der Waals surface area contributed by atoms with Crippen LogP contribution in [-0.2, 0) is 17.8 Å². The van der Waals surface area contributed by atoms with Gasteiger partial charge in [0.25, 0.3) is 0 Å². The van der Waals surface area contributed by atoms with Gasteiger partial charge in [-0.05, 0) is 20.4 Å². The highest BCUT2D eigenvalue weighted by atomic mass is 16.1. The van der Waals surface area contributed by atoms with Gasteiger partial charge in [-0.3, -0.25) is 4.79 Å². The number of carbonyl (C=O) groups is 1. The number of primary amides is 1. The average Bonchev–Trinajstić information content (AvgIpc) is 2.72. The largest absolute Gasteiger partial charge is 0.368 e. The maximum Gasteiger partial charge on any atom is 0.237 e. The quantitative estimate of drug-likeness (QED) is 0.730. The molecular formula is C11H20N4O. The van der Waals surface area contributed by atoms with Crippen molar-refractivity contribution in [3.63, 3.8) is 0 Å². The second-order valence-electron chi connectivity index (χ2n) is 4.09. The van der Waals surface area contributed by atoms with Gasteiger partial charge in [-0.25, -0.2) is 4.98 Å². The molecule has 0 bridgehead atoms. The summed E-state index contributed by atoms with van der Waals surface area (Å²) in [5.41, 5.74) is 4.71. The zero-order valence-corrected chi connectivity index (χ0v) is 10.2. The molecule has 0 aliphatic rings. The van der Waals surface area contributed by atoms with E-state index in [4.69, 9.17) is 5.73 Å². The summed E-state index contributed by atoms with van der Waals surface area (Å²) in [6.45, 7) is 4.62. The molecule has 1 aromatic heterocycles. The smallest absolute Gasteiger partial charge is 0.237 e. The van der Waals surface area contributed by atoms with Crippen molar-refractivity contribution in [3.8, 4) is 0 Å². The van der Waals surface area contributed by atoms with Crippen LogP contribution in [0.3, 0.4) is 0 Å². The summed E-state index contributed by atoms with van der Waals surface area (Å²) in [7, 11) is 1.75. The van der Waals surface area contributed by atoms with E-state index in [1.165, 1.54) is 0 Å². The van der Waals surface area contributed by atoms with Crippen LogP contribution >= 0.6 is 0 Å². The molecule has 0 aliphatic heterocycles. The van der Waals surface area contributed by atoms with Crippen LogP contribution in [-0.4, -0.2) is 28.0 Å². The van der Waals surface area contributed by atoms with E-state index in [2.05, 4.69) is 21.8 Å². The van der Waals surface area contributed by atoms with Gasteiger partial charge in [-0.2, -0.15) is 0 Å². The van der Waals surface area contributed by atoms with Crippen LogP contribution in [0.25, 0.3) is 0 Å². The van der Waals surface area contributed by atoms with Crippen molar-refractivity contribution in [3.05, 3.63) is 18.2 Å². The SMILES string of the molecule is CCc1nccn1CCC(C)(NC)C(N)=O. The van der Waals surface area contributed by atoms with Gasteiger partial charge in [0.05, 0.1) is 5.54 Å². The lowest BCUT2D eigenvalue weighted by Crippen LogP contribution is -2.52. The summed E-state index contributed by atoms with van der Waals surface area (Å²) >= 11 is 0. The van der Waals surface area contributed by atoms with Crippen molar-refractivity contribution >= 4 is 5.91 Å². The number of rotatable bonds is 6. The van der Waals surface area contributed by atoms with Crippen molar-refractivity contribution in [2.24, 2.45) is 5.73 Å². The Morgan fingerprint density at radius 1 is 1.69 bits per heavy atom. The van der Waals surface area contributed by atoms with Crippen LogP contribution in [0.5, 0.6) is 0 Å². The molecule has 1 amide bonds. The molecule has 1 atom stereocenters. The maximum atomic E-state index is 11.3. The maximum absolute atomic E-state index is 11.3. The van der Waals surface area contributed by atoms with Crippen LogP contribution in [0.1, 0.15) is 26.1 Å². The second-order valence-corrected chi connectivity index (χ2v) is 4.09. The van der Waals surface area contributed by atoms with E-state index in [-0.39, 0.29) is 5.91 Å². The van der Waals surface area contributed by atoms with Crippen molar-refractivity contribution in [2.75, 3.05) is 7.05 Å². The van der Waals surface area contributed by atoms with E-state index in [1.54, 1.807) is 13.2 Å². The highest BCUT2D eigenvalue weighted by Crippen LogP contribution is 2.11. The summed E-state index contributed by atoms with van der Waals surface area (Å²) in [5.74, 6) is 0.705. The monoisotopic (exact) mass is 224 g/mol.